The van der Waals surface area contributed by atoms with Crippen molar-refractivity contribution >= 4 is 44.5 Å². The fourth-order valence-electron chi connectivity index (χ4n) is 2.05. The highest BCUT2D eigenvalue weighted by molar-refractivity contribution is 7.71. The molecule has 2 rings (SSSR count). The molecule has 0 saturated carbocycles. The summed E-state index contributed by atoms with van der Waals surface area (Å²) in [5.74, 6) is 0.0234. The second-order valence-electron chi connectivity index (χ2n) is 5.26. The largest absolute Gasteiger partial charge is 0.369 e. The topological polar surface area (TPSA) is 206 Å². The average molecular weight is 429 g/mol. The number of nitrogens with zero attached hydrogens (tertiary/aromatic N) is 3. The fourth-order valence-corrected chi connectivity index (χ4v) is 2.99. The quantitative estimate of drug-likeness (QED) is 0.228. The Bertz CT molecular complexity index is 892. The molecule has 13 nitrogen and oxygen atoms in total. The lowest BCUT2D eigenvalue weighted by atomic mass is 10.3. The van der Waals surface area contributed by atoms with E-state index in [4.69, 9.17) is 47.0 Å². The van der Waals surface area contributed by atoms with Gasteiger partial charge in [0.15, 0.2) is 10.6 Å². The maximum absolute atomic E-state index is 10.9. The lowest BCUT2D eigenvalue weighted by molar-refractivity contribution is 0.0655. The van der Waals surface area contributed by atoms with Crippen LogP contribution in [0.5, 0.6) is 0 Å². The van der Waals surface area contributed by atoms with E-state index < -0.39 is 33.9 Å². The molecular weight excluding hydrogens is 412 g/mol. The molecular formula is C10H17N5O8P2S. The molecule has 0 unspecified atom stereocenters. The number of hydrogen-bond donors (Lipinski definition) is 6. The van der Waals surface area contributed by atoms with Crippen molar-refractivity contribution in [2.24, 2.45) is 0 Å². The minimum atomic E-state index is -4.38. The number of aromatic nitrogens is 4. The van der Waals surface area contributed by atoms with E-state index in [1.165, 1.54) is 10.9 Å². The highest BCUT2D eigenvalue weighted by Gasteiger charge is 2.21. The lowest BCUT2D eigenvalue weighted by Crippen LogP contribution is -2.21. The summed E-state index contributed by atoms with van der Waals surface area (Å²) in [4.78, 5) is 46.2. The monoisotopic (exact) mass is 429 g/mol. The van der Waals surface area contributed by atoms with Crippen molar-refractivity contribution in [1.29, 1.82) is 0 Å². The third-order valence-corrected chi connectivity index (χ3v) is 4.32. The molecule has 2 heterocycles. The number of H-pyrrole nitrogens is 1. The second kappa shape index (κ2) is 8.21. The van der Waals surface area contributed by atoms with Gasteiger partial charge in [-0.15, -0.1) is 0 Å². The van der Waals surface area contributed by atoms with Crippen LogP contribution in [0.4, 0.5) is 5.95 Å². The maximum Gasteiger partial charge on any atom is 0.350 e. The van der Waals surface area contributed by atoms with Crippen LogP contribution in [-0.2, 0) is 18.6 Å². The molecule has 0 amide bonds. The molecule has 0 aliphatic rings. The van der Waals surface area contributed by atoms with Crippen molar-refractivity contribution < 1.29 is 38.2 Å². The predicted molar refractivity (Wildman–Crippen MR) is 91.9 cm³/mol. The number of nitrogens with one attached hydrogen (secondary N) is 1. The summed E-state index contributed by atoms with van der Waals surface area (Å²) < 4.78 is 33.5. The molecule has 26 heavy (non-hydrogen) atoms. The Balaban J connectivity index is 2.26. The number of hydrogen-bond acceptors (Lipinski definition) is 8. The smallest absolute Gasteiger partial charge is 0.350 e. The van der Waals surface area contributed by atoms with Crippen molar-refractivity contribution in [3.8, 4) is 0 Å². The lowest BCUT2D eigenvalue weighted by Gasteiger charge is -2.20. The molecule has 0 bridgehead atoms. The molecule has 0 aromatic carbocycles. The Morgan fingerprint density at radius 3 is 2.23 bits per heavy atom. The summed E-state index contributed by atoms with van der Waals surface area (Å²) in [6.45, 7) is -0.471. The minimum Gasteiger partial charge on any atom is -0.369 e. The van der Waals surface area contributed by atoms with E-state index in [0.717, 1.165) is 0 Å². The van der Waals surface area contributed by atoms with Gasteiger partial charge in [0.1, 0.15) is 23.9 Å². The van der Waals surface area contributed by atoms with Gasteiger partial charge < -0.3 is 44.3 Å². The molecule has 0 aliphatic heterocycles. The number of imidazole rings is 1. The zero-order valence-corrected chi connectivity index (χ0v) is 15.7. The highest BCUT2D eigenvalue weighted by Crippen LogP contribution is 2.35. The van der Waals surface area contributed by atoms with Crippen LogP contribution in [0.3, 0.4) is 0 Å². The predicted octanol–water partition coefficient (Wildman–Crippen LogP) is -0.0842. The number of anilines is 1. The van der Waals surface area contributed by atoms with Gasteiger partial charge in [-0.25, -0.2) is 9.97 Å². The van der Waals surface area contributed by atoms with Crippen molar-refractivity contribution in [1.82, 2.24) is 19.5 Å². The van der Waals surface area contributed by atoms with Crippen molar-refractivity contribution in [3.05, 3.63) is 11.0 Å². The molecule has 0 saturated heterocycles. The normalized spacial score (nSPS) is 13.0. The van der Waals surface area contributed by atoms with Crippen LogP contribution in [0.1, 0.15) is 6.04 Å². The van der Waals surface area contributed by atoms with Crippen molar-refractivity contribution in [2.45, 2.75) is 6.04 Å². The van der Waals surface area contributed by atoms with E-state index in [-0.39, 0.29) is 23.8 Å². The molecule has 0 fully saturated rings. The number of nitrogen functional groups attached to an aromatic ring is 1. The van der Waals surface area contributed by atoms with Crippen LogP contribution in [0.15, 0.2) is 6.33 Å². The number of rotatable bonds is 9. The van der Waals surface area contributed by atoms with Gasteiger partial charge in [-0.3, -0.25) is 9.13 Å². The van der Waals surface area contributed by atoms with Crippen LogP contribution < -0.4 is 5.73 Å². The first-order valence-electron chi connectivity index (χ1n) is 6.93. The van der Waals surface area contributed by atoms with Crippen molar-refractivity contribution in [3.63, 3.8) is 0 Å². The zero-order valence-electron chi connectivity index (χ0n) is 13.1. The van der Waals surface area contributed by atoms with E-state index in [9.17, 15) is 9.13 Å². The van der Waals surface area contributed by atoms with Crippen LogP contribution in [-0.4, -0.2) is 65.0 Å². The van der Waals surface area contributed by atoms with Gasteiger partial charge in [-0.2, -0.15) is 0 Å². The van der Waals surface area contributed by atoms with E-state index in [1.807, 2.05) is 0 Å². The van der Waals surface area contributed by atoms with E-state index in [0.29, 0.717) is 11.2 Å². The van der Waals surface area contributed by atoms with Crippen LogP contribution in [0.2, 0.25) is 0 Å². The van der Waals surface area contributed by atoms with Crippen LogP contribution in [0.25, 0.3) is 11.2 Å². The molecule has 0 radical (unpaired) electrons. The summed E-state index contributed by atoms with van der Waals surface area (Å²) in [5.41, 5.74) is 6.30. The SMILES string of the molecule is Nc1nc(=S)c2ncn(C(COCP(=O)(O)O)COCP(=O)(O)O)c2[nH]1. The Morgan fingerprint density at radius 2 is 1.73 bits per heavy atom. The Morgan fingerprint density at radius 1 is 1.19 bits per heavy atom. The number of fused-ring (bicyclic) bond motifs is 1. The first-order valence-corrected chi connectivity index (χ1v) is 10.9. The average Bonchev–Trinajstić information content (AvgIpc) is 2.87. The van der Waals surface area contributed by atoms with Gasteiger partial charge in [0, 0.05) is 0 Å². The molecule has 16 heteroatoms. The van der Waals surface area contributed by atoms with Gasteiger partial charge in [0.05, 0.1) is 25.6 Å². The van der Waals surface area contributed by atoms with E-state index in [1.54, 1.807) is 0 Å². The molecule has 7 N–H and O–H groups in total. The highest BCUT2D eigenvalue weighted by atomic mass is 32.1. The van der Waals surface area contributed by atoms with Gasteiger partial charge >= 0.3 is 15.2 Å². The first kappa shape index (κ1) is 21.1. The van der Waals surface area contributed by atoms with Gasteiger partial charge in [-0.05, 0) is 0 Å². The second-order valence-corrected chi connectivity index (χ2v) is 8.82. The van der Waals surface area contributed by atoms with E-state index in [2.05, 4.69) is 15.0 Å². The van der Waals surface area contributed by atoms with Gasteiger partial charge in [0.2, 0.25) is 0 Å². The molecule has 2 aromatic heterocycles. The third-order valence-electron chi connectivity index (χ3n) is 3.00. The first-order chi connectivity index (χ1) is 12.0. The summed E-state index contributed by atoms with van der Waals surface area (Å²) in [7, 11) is -8.76. The number of ether oxygens (including phenoxy) is 2. The number of aromatic amines is 1. The number of nitrogens with two attached hydrogens (primary N) is 1. The van der Waals surface area contributed by atoms with Gasteiger partial charge in [-0.1, -0.05) is 12.2 Å². The zero-order chi connectivity index (χ0) is 19.5. The molecule has 0 aliphatic carbocycles. The third kappa shape index (κ3) is 6.20. The molecule has 0 spiro atoms. The van der Waals surface area contributed by atoms with Crippen LogP contribution >= 0.6 is 27.4 Å². The molecule has 2 aromatic rings. The van der Waals surface area contributed by atoms with E-state index >= 15 is 0 Å². The minimum absolute atomic E-state index is 0.0234. The van der Waals surface area contributed by atoms with Crippen molar-refractivity contribution in [2.75, 3.05) is 31.6 Å². The fraction of sp³-hybridized carbons (Fsp3) is 0.500. The summed E-state index contributed by atoms with van der Waals surface area (Å²) in [6.07, 6.45) is -0.299. The Kier molecular flexibility index (Phi) is 6.66. The van der Waals surface area contributed by atoms with Gasteiger partial charge in [0.25, 0.3) is 0 Å². The summed E-state index contributed by atoms with van der Waals surface area (Å²) in [6, 6.07) is -0.731. The summed E-state index contributed by atoms with van der Waals surface area (Å²) >= 11 is 5.06. The Hall–Kier alpha value is -1.21. The Labute approximate surface area is 151 Å². The molecule has 0 atom stereocenters. The molecule has 146 valence electrons. The summed E-state index contributed by atoms with van der Waals surface area (Å²) in [5, 5.41) is 0. The standard InChI is InChI=1S/C10H17N5O8P2S/c11-10-13-8-7(9(26)14-10)12-3-15(8)6(1-22-4-24(16,17)18)2-23-5-25(19,20)21/h3,6H,1-2,4-5H2,(H2,16,17,18)(H2,19,20,21)(H3,11,13,14,26). The maximum atomic E-state index is 10.9. The van der Waals surface area contributed by atoms with Crippen LogP contribution in [0, 0.1) is 4.64 Å².